The maximum absolute atomic E-state index is 3.73. The van der Waals surface area contributed by atoms with Crippen molar-refractivity contribution in [3.63, 3.8) is 0 Å². The van der Waals surface area contributed by atoms with Gasteiger partial charge in [-0.1, -0.05) is 36.4 Å². The van der Waals surface area contributed by atoms with Crippen LogP contribution in [0.25, 0.3) is 0 Å². The summed E-state index contributed by atoms with van der Waals surface area (Å²) in [6.45, 7) is 4.60. The highest BCUT2D eigenvalue weighted by Crippen LogP contribution is 2.43. The molecule has 0 amide bonds. The molecular formula is C20H25N3. The highest BCUT2D eigenvalue weighted by Gasteiger charge is 2.46. The summed E-state index contributed by atoms with van der Waals surface area (Å²) in [5.41, 5.74) is 4.65. The number of likely N-dealkylation sites (tertiary alicyclic amines) is 1. The predicted octanol–water partition coefficient (Wildman–Crippen LogP) is 1.98. The first-order valence-electron chi connectivity index (χ1n) is 8.94. The third-order valence-corrected chi connectivity index (χ3v) is 6.17. The second-order valence-corrected chi connectivity index (χ2v) is 7.63. The van der Waals surface area contributed by atoms with Gasteiger partial charge in [0.25, 0.3) is 0 Å². The Labute approximate surface area is 138 Å². The molecule has 0 aromatic heterocycles. The number of piperidine rings is 1. The van der Waals surface area contributed by atoms with Gasteiger partial charge in [0.2, 0.25) is 0 Å². The Morgan fingerprint density at radius 3 is 3.00 bits per heavy atom. The summed E-state index contributed by atoms with van der Waals surface area (Å²) >= 11 is 0. The number of allylic oxidation sites excluding steroid dienone is 3. The number of likely N-dealkylation sites (N-methyl/N-ethyl adjacent to an activating group) is 1. The van der Waals surface area contributed by atoms with Gasteiger partial charge >= 0.3 is 0 Å². The maximum Gasteiger partial charge on any atom is 0.0601 e. The molecule has 0 spiro atoms. The molecular weight excluding hydrogens is 282 g/mol. The van der Waals surface area contributed by atoms with Crippen LogP contribution in [0.5, 0.6) is 0 Å². The number of rotatable bonds is 0. The molecule has 0 radical (unpaired) electrons. The van der Waals surface area contributed by atoms with E-state index < -0.39 is 0 Å². The Balaban J connectivity index is 1.70. The Morgan fingerprint density at radius 1 is 1.13 bits per heavy atom. The van der Waals surface area contributed by atoms with Crippen LogP contribution in [0.2, 0.25) is 0 Å². The van der Waals surface area contributed by atoms with Crippen LogP contribution in [-0.4, -0.2) is 55.1 Å². The average Bonchev–Trinajstić information content (AvgIpc) is 2.82. The first-order chi connectivity index (χ1) is 11.3. The normalized spacial score (nSPS) is 35.7. The number of fused-ring (bicyclic) bond motifs is 2. The molecule has 4 aliphatic rings. The van der Waals surface area contributed by atoms with E-state index in [0.29, 0.717) is 23.9 Å². The van der Waals surface area contributed by atoms with Crippen LogP contribution in [0.1, 0.15) is 17.0 Å². The van der Waals surface area contributed by atoms with Crippen molar-refractivity contribution in [3.8, 4) is 0 Å². The lowest BCUT2D eigenvalue weighted by atomic mass is 9.78. The number of hydrogen-bond donors (Lipinski definition) is 1. The number of hydrogen-bond acceptors (Lipinski definition) is 3. The minimum absolute atomic E-state index is 0.519. The zero-order valence-corrected chi connectivity index (χ0v) is 13.8. The minimum atomic E-state index is 0.519. The van der Waals surface area contributed by atoms with Crippen molar-refractivity contribution < 1.29 is 0 Å². The molecule has 0 saturated carbocycles. The van der Waals surface area contributed by atoms with E-state index in [0.717, 1.165) is 19.5 Å². The van der Waals surface area contributed by atoms with Gasteiger partial charge in [0.1, 0.15) is 0 Å². The van der Waals surface area contributed by atoms with E-state index in [1.54, 1.807) is 5.56 Å². The van der Waals surface area contributed by atoms with Crippen molar-refractivity contribution >= 4 is 0 Å². The van der Waals surface area contributed by atoms with Crippen molar-refractivity contribution in [2.24, 2.45) is 5.92 Å². The van der Waals surface area contributed by atoms with E-state index in [2.05, 4.69) is 64.7 Å². The summed E-state index contributed by atoms with van der Waals surface area (Å²) in [5.74, 6) is 1.32. The molecule has 0 bridgehead atoms. The fraction of sp³-hybridized carbons (Fsp3) is 0.500. The van der Waals surface area contributed by atoms with E-state index in [1.807, 2.05) is 0 Å². The number of nitrogens with one attached hydrogen (secondary N) is 1. The van der Waals surface area contributed by atoms with Crippen molar-refractivity contribution in [2.75, 3.05) is 33.2 Å². The van der Waals surface area contributed by atoms with E-state index in [9.17, 15) is 0 Å². The van der Waals surface area contributed by atoms with Gasteiger partial charge in [-0.25, -0.2) is 0 Å². The van der Waals surface area contributed by atoms with Crippen molar-refractivity contribution in [2.45, 2.75) is 24.4 Å². The van der Waals surface area contributed by atoms with E-state index in [1.165, 1.54) is 24.4 Å². The van der Waals surface area contributed by atoms with Crippen LogP contribution in [0.4, 0.5) is 0 Å². The van der Waals surface area contributed by atoms with Gasteiger partial charge in [-0.2, -0.15) is 0 Å². The highest BCUT2D eigenvalue weighted by molar-refractivity contribution is 5.41. The summed E-state index contributed by atoms with van der Waals surface area (Å²) < 4.78 is 0. The van der Waals surface area contributed by atoms with Crippen LogP contribution in [0.3, 0.4) is 0 Å². The third-order valence-electron chi connectivity index (χ3n) is 6.17. The lowest BCUT2D eigenvalue weighted by Gasteiger charge is -2.49. The molecule has 3 heteroatoms. The number of nitrogens with zero attached hydrogens (tertiary/aromatic N) is 2. The lowest BCUT2D eigenvalue weighted by molar-refractivity contribution is 0.0721. The summed E-state index contributed by atoms with van der Waals surface area (Å²) in [4.78, 5) is 5.32. The van der Waals surface area contributed by atoms with Crippen LogP contribution >= 0.6 is 0 Å². The standard InChI is InChI=1S/C20H25N3/c1-22-12-15-10-21-11-17-7-4-6-16-9-14-5-2-3-8-18(14)19(13-22)20(15)23(16)17/h2-8,15,17,19-21H,9-13H2,1H3. The zero-order valence-electron chi connectivity index (χ0n) is 13.8. The van der Waals surface area contributed by atoms with Gasteiger partial charge in [-0.15, -0.1) is 0 Å². The Bertz CT molecular complexity index is 677. The van der Waals surface area contributed by atoms with Crippen LogP contribution in [0.15, 0.2) is 48.2 Å². The molecule has 5 rings (SSSR count). The molecule has 3 nitrogen and oxygen atoms in total. The van der Waals surface area contributed by atoms with Crippen molar-refractivity contribution in [1.82, 2.24) is 15.1 Å². The van der Waals surface area contributed by atoms with Crippen LogP contribution in [0, 0.1) is 5.92 Å². The molecule has 1 aromatic carbocycles. The molecule has 4 atom stereocenters. The Hall–Kier alpha value is -1.58. The van der Waals surface area contributed by atoms with Gasteiger partial charge in [0.15, 0.2) is 0 Å². The molecule has 23 heavy (non-hydrogen) atoms. The van der Waals surface area contributed by atoms with Gasteiger partial charge < -0.3 is 15.1 Å². The largest absolute Gasteiger partial charge is 0.363 e. The van der Waals surface area contributed by atoms with Crippen LogP contribution < -0.4 is 5.32 Å². The van der Waals surface area contributed by atoms with E-state index in [-0.39, 0.29) is 0 Å². The quantitative estimate of drug-likeness (QED) is 0.791. The first-order valence-corrected chi connectivity index (χ1v) is 8.94. The van der Waals surface area contributed by atoms with Crippen molar-refractivity contribution in [1.29, 1.82) is 0 Å². The molecule has 2 saturated heterocycles. The Morgan fingerprint density at radius 2 is 2.04 bits per heavy atom. The predicted molar refractivity (Wildman–Crippen MR) is 93.4 cm³/mol. The summed E-state index contributed by atoms with van der Waals surface area (Å²) in [5, 5.41) is 3.73. The van der Waals surface area contributed by atoms with E-state index in [4.69, 9.17) is 0 Å². The monoisotopic (exact) mass is 307 g/mol. The molecule has 0 aliphatic carbocycles. The molecule has 120 valence electrons. The van der Waals surface area contributed by atoms with Gasteiger partial charge in [-0.05, 0) is 24.3 Å². The molecule has 1 N–H and O–H groups in total. The van der Waals surface area contributed by atoms with Gasteiger partial charge in [0.05, 0.1) is 6.04 Å². The third kappa shape index (κ3) is 2.10. The zero-order chi connectivity index (χ0) is 15.4. The van der Waals surface area contributed by atoms with Crippen molar-refractivity contribution in [3.05, 3.63) is 59.3 Å². The minimum Gasteiger partial charge on any atom is -0.363 e. The molecule has 4 unspecified atom stereocenters. The molecule has 4 aliphatic heterocycles. The lowest BCUT2D eigenvalue weighted by Crippen LogP contribution is -2.56. The van der Waals surface area contributed by atoms with E-state index >= 15 is 0 Å². The fourth-order valence-corrected chi connectivity index (χ4v) is 5.33. The average molecular weight is 307 g/mol. The molecule has 2 fully saturated rings. The Kier molecular flexibility index (Phi) is 3.14. The first kappa shape index (κ1) is 13.8. The maximum atomic E-state index is 3.73. The fourth-order valence-electron chi connectivity index (χ4n) is 5.33. The van der Waals surface area contributed by atoms with Gasteiger partial charge in [0, 0.05) is 56.2 Å². The second-order valence-electron chi connectivity index (χ2n) is 7.63. The summed E-state index contributed by atoms with van der Waals surface area (Å²) in [7, 11) is 2.29. The molecule has 1 aromatic rings. The summed E-state index contributed by atoms with van der Waals surface area (Å²) in [6, 6.07) is 10.3. The molecule has 4 heterocycles. The number of benzene rings is 1. The highest BCUT2D eigenvalue weighted by atomic mass is 15.3. The van der Waals surface area contributed by atoms with Gasteiger partial charge in [-0.3, -0.25) is 0 Å². The van der Waals surface area contributed by atoms with Crippen LogP contribution in [-0.2, 0) is 6.42 Å². The SMILES string of the molecule is CN1CC2CNCC3C=CC=C4Cc5ccccc5C(C1)C2N43. The summed E-state index contributed by atoms with van der Waals surface area (Å²) in [6.07, 6.45) is 8.11. The smallest absolute Gasteiger partial charge is 0.0601 e. The second kappa shape index (κ2) is 5.22. The topological polar surface area (TPSA) is 18.5 Å².